The summed E-state index contributed by atoms with van der Waals surface area (Å²) >= 11 is 7.46. The minimum absolute atomic E-state index is 0.453. The minimum Gasteiger partial charge on any atom is -0.377 e. The van der Waals surface area contributed by atoms with Crippen LogP contribution in [-0.4, -0.2) is 15.2 Å². The smallest absolute Gasteiger partial charge is 0.191 e. The van der Waals surface area contributed by atoms with Crippen LogP contribution < -0.4 is 5.32 Å². The van der Waals surface area contributed by atoms with Crippen molar-refractivity contribution >= 4 is 28.6 Å². The van der Waals surface area contributed by atoms with Gasteiger partial charge in [-0.25, -0.2) is 4.98 Å². The highest BCUT2D eigenvalue weighted by Gasteiger charge is 2.08. The van der Waals surface area contributed by atoms with Crippen molar-refractivity contribution in [3.63, 3.8) is 0 Å². The summed E-state index contributed by atoms with van der Waals surface area (Å²) in [6, 6.07) is 11.2. The maximum absolute atomic E-state index is 9.09. The third-order valence-corrected chi connectivity index (χ3v) is 3.92. The van der Waals surface area contributed by atoms with Crippen LogP contribution in [0.2, 0.25) is 5.02 Å². The molecule has 5 nitrogen and oxygen atoms in total. The van der Waals surface area contributed by atoms with Crippen LogP contribution in [0.15, 0.2) is 35.7 Å². The molecule has 3 rings (SSSR count). The Morgan fingerprint density at radius 2 is 2.29 bits per heavy atom. The van der Waals surface area contributed by atoms with E-state index in [9.17, 15) is 0 Å². The van der Waals surface area contributed by atoms with Crippen molar-refractivity contribution in [1.82, 2.24) is 15.2 Å². The fraction of sp³-hybridized carbons (Fsp3) is 0.0714. The van der Waals surface area contributed by atoms with E-state index in [2.05, 4.69) is 26.6 Å². The highest BCUT2D eigenvalue weighted by Crippen LogP contribution is 2.22. The minimum atomic E-state index is 0.453. The molecular weight excluding hydrogens is 306 g/mol. The summed E-state index contributed by atoms with van der Waals surface area (Å²) in [5.41, 5.74) is 1.22. The highest BCUT2D eigenvalue weighted by molar-refractivity contribution is 7.13. The van der Waals surface area contributed by atoms with Gasteiger partial charge in [-0.1, -0.05) is 17.7 Å². The number of nitriles is 1. The lowest BCUT2D eigenvalue weighted by Crippen LogP contribution is -2.03. The maximum atomic E-state index is 9.09. The van der Waals surface area contributed by atoms with Gasteiger partial charge in [-0.2, -0.15) is 10.4 Å². The first-order valence-corrected chi connectivity index (χ1v) is 7.40. The van der Waals surface area contributed by atoms with E-state index in [0.717, 1.165) is 10.6 Å². The average Bonchev–Trinajstić information content (AvgIpc) is 3.16. The van der Waals surface area contributed by atoms with Crippen LogP contribution in [-0.2, 0) is 6.54 Å². The van der Waals surface area contributed by atoms with Gasteiger partial charge in [-0.05, 0) is 29.6 Å². The monoisotopic (exact) mass is 315 g/mol. The summed E-state index contributed by atoms with van der Waals surface area (Å²) in [5, 5.41) is 21.8. The van der Waals surface area contributed by atoms with Gasteiger partial charge < -0.3 is 5.32 Å². The number of rotatable bonds is 4. The second kappa shape index (κ2) is 5.95. The van der Waals surface area contributed by atoms with Gasteiger partial charge in [0.1, 0.15) is 11.9 Å². The zero-order valence-corrected chi connectivity index (χ0v) is 12.4. The largest absolute Gasteiger partial charge is 0.377 e. The molecule has 2 N–H and O–H groups in total. The Balaban J connectivity index is 1.73. The second-order valence-electron chi connectivity index (χ2n) is 4.24. The first-order valence-electron chi connectivity index (χ1n) is 6.15. The number of anilines is 1. The number of halogens is 1. The van der Waals surface area contributed by atoms with Crippen molar-refractivity contribution in [2.45, 2.75) is 6.54 Å². The van der Waals surface area contributed by atoms with Crippen molar-refractivity contribution in [3.05, 3.63) is 52.1 Å². The predicted molar refractivity (Wildman–Crippen MR) is 83.2 cm³/mol. The molecule has 0 amide bonds. The molecule has 0 aliphatic rings. The summed E-state index contributed by atoms with van der Waals surface area (Å²) in [6.07, 6.45) is 0. The number of nitrogens with zero attached hydrogens (tertiary/aromatic N) is 3. The van der Waals surface area contributed by atoms with E-state index in [1.54, 1.807) is 29.5 Å². The van der Waals surface area contributed by atoms with Crippen molar-refractivity contribution < 1.29 is 0 Å². The van der Waals surface area contributed by atoms with Crippen LogP contribution in [0, 0.1) is 11.3 Å². The lowest BCUT2D eigenvalue weighted by Gasteiger charge is -2.06. The third kappa shape index (κ3) is 3.05. The molecule has 1 aromatic carbocycles. The standard InChI is InChI=1S/C14H10ClN5S/c15-10-3-4-11(9(6-10)7-16)17-8-13-18-14(20-19-13)12-2-1-5-21-12/h1-6,17H,8H2,(H,18,19,20). The molecule has 0 aliphatic heterocycles. The second-order valence-corrected chi connectivity index (χ2v) is 5.62. The summed E-state index contributed by atoms with van der Waals surface area (Å²) in [5.74, 6) is 1.38. The normalized spacial score (nSPS) is 10.3. The van der Waals surface area contributed by atoms with Crippen LogP contribution in [0.1, 0.15) is 11.4 Å². The molecule has 2 aromatic heterocycles. The van der Waals surface area contributed by atoms with Gasteiger partial charge in [0.25, 0.3) is 0 Å². The average molecular weight is 316 g/mol. The summed E-state index contributed by atoms with van der Waals surface area (Å²) < 4.78 is 0. The maximum Gasteiger partial charge on any atom is 0.191 e. The molecule has 0 fully saturated rings. The van der Waals surface area contributed by atoms with E-state index in [1.165, 1.54) is 0 Å². The molecule has 104 valence electrons. The molecule has 3 aromatic rings. The quantitative estimate of drug-likeness (QED) is 0.770. The number of aromatic amines is 1. The Bertz CT molecular complexity index is 788. The van der Waals surface area contributed by atoms with Gasteiger partial charge >= 0.3 is 0 Å². The highest BCUT2D eigenvalue weighted by atomic mass is 35.5. The van der Waals surface area contributed by atoms with E-state index in [-0.39, 0.29) is 0 Å². The molecule has 0 bridgehead atoms. The first-order chi connectivity index (χ1) is 10.3. The van der Waals surface area contributed by atoms with Crippen LogP contribution in [0.25, 0.3) is 10.7 Å². The Labute approximate surface area is 130 Å². The topological polar surface area (TPSA) is 77.4 Å². The van der Waals surface area contributed by atoms with Gasteiger partial charge in [0.15, 0.2) is 5.82 Å². The molecule has 0 radical (unpaired) electrons. The predicted octanol–water partition coefficient (Wildman–Crippen LogP) is 3.67. The van der Waals surface area contributed by atoms with Crippen LogP contribution in [0.4, 0.5) is 5.69 Å². The van der Waals surface area contributed by atoms with Crippen molar-refractivity contribution in [2.75, 3.05) is 5.32 Å². The lowest BCUT2D eigenvalue weighted by molar-refractivity contribution is 0.954. The SMILES string of the molecule is N#Cc1cc(Cl)ccc1NCc1nc(-c2cccs2)n[nH]1. The zero-order chi connectivity index (χ0) is 14.7. The van der Waals surface area contributed by atoms with Gasteiger partial charge in [0.2, 0.25) is 0 Å². The fourth-order valence-electron chi connectivity index (χ4n) is 1.83. The number of hydrogen-bond acceptors (Lipinski definition) is 5. The van der Waals surface area contributed by atoms with Crippen molar-refractivity contribution in [1.29, 1.82) is 5.26 Å². The lowest BCUT2D eigenvalue weighted by atomic mass is 10.2. The molecule has 7 heteroatoms. The van der Waals surface area contributed by atoms with Crippen LogP contribution in [0.3, 0.4) is 0 Å². The molecule has 21 heavy (non-hydrogen) atoms. The number of thiophene rings is 1. The summed E-state index contributed by atoms with van der Waals surface area (Å²) in [6.45, 7) is 0.453. The van der Waals surface area contributed by atoms with Crippen molar-refractivity contribution in [3.8, 4) is 16.8 Å². The molecule has 0 atom stereocenters. The third-order valence-electron chi connectivity index (χ3n) is 2.82. The van der Waals surface area contributed by atoms with E-state index in [4.69, 9.17) is 16.9 Å². The van der Waals surface area contributed by atoms with Crippen molar-refractivity contribution in [2.24, 2.45) is 0 Å². The summed E-state index contributed by atoms with van der Waals surface area (Å²) in [4.78, 5) is 5.43. The van der Waals surface area contributed by atoms with Crippen LogP contribution >= 0.6 is 22.9 Å². The first kappa shape index (κ1) is 13.6. The van der Waals surface area contributed by atoms with E-state index < -0.39 is 0 Å². The number of aromatic nitrogens is 3. The van der Waals surface area contributed by atoms with E-state index in [0.29, 0.717) is 28.8 Å². The molecular formula is C14H10ClN5S. The van der Waals surface area contributed by atoms with Gasteiger partial charge in [0, 0.05) is 5.02 Å². The Morgan fingerprint density at radius 3 is 3.05 bits per heavy atom. The number of nitrogens with one attached hydrogen (secondary N) is 2. The molecule has 0 unspecified atom stereocenters. The Morgan fingerprint density at radius 1 is 1.38 bits per heavy atom. The molecule has 0 saturated heterocycles. The molecule has 0 aliphatic carbocycles. The van der Waals surface area contributed by atoms with Gasteiger partial charge in [0.05, 0.1) is 22.7 Å². The zero-order valence-electron chi connectivity index (χ0n) is 10.8. The van der Waals surface area contributed by atoms with E-state index in [1.807, 2.05) is 17.5 Å². The number of H-pyrrole nitrogens is 1. The fourth-order valence-corrected chi connectivity index (χ4v) is 2.66. The molecule has 2 heterocycles. The molecule has 0 spiro atoms. The number of benzene rings is 1. The number of hydrogen-bond donors (Lipinski definition) is 2. The molecule has 0 saturated carbocycles. The van der Waals surface area contributed by atoms with E-state index >= 15 is 0 Å². The Hall–Kier alpha value is -2.36. The Kier molecular flexibility index (Phi) is 3.86. The van der Waals surface area contributed by atoms with Gasteiger partial charge in [-0.3, -0.25) is 5.10 Å². The van der Waals surface area contributed by atoms with Gasteiger partial charge in [-0.15, -0.1) is 11.3 Å². The summed E-state index contributed by atoms with van der Waals surface area (Å²) in [7, 11) is 0. The van der Waals surface area contributed by atoms with Crippen LogP contribution in [0.5, 0.6) is 0 Å².